The van der Waals surface area contributed by atoms with Crippen LogP contribution >= 0.6 is 0 Å². The van der Waals surface area contributed by atoms with Crippen LogP contribution in [0.15, 0.2) is 48.5 Å². The zero-order valence-electron chi connectivity index (χ0n) is 15.5. The van der Waals surface area contributed by atoms with E-state index in [-0.39, 0.29) is 17.5 Å². The SMILES string of the molecule is COc1ccccc1N1CCN(C(=O)[C@@H](C)c2ccc([N+](=O)[O-])cc2)CC1. The highest BCUT2D eigenvalue weighted by molar-refractivity contribution is 5.83. The van der Waals surface area contributed by atoms with E-state index in [0.717, 1.165) is 30.1 Å². The van der Waals surface area contributed by atoms with Gasteiger partial charge in [-0.2, -0.15) is 0 Å². The molecule has 1 fully saturated rings. The Morgan fingerprint density at radius 3 is 2.30 bits per heavy atom. The van der Waals surface area contributed by atoms with Gasteiger partial charge in [-0.05, 0) is 24.6 Å². The average Bonchev–Trinajstić information content (AvgIpc) is 2.72. The maximum absolute atomic E-state index is 12.8. The van der Waals surface area contributed by atoms with Crippen LogP contribution in [-0.4, -0.2) is 49.0 Å². The lowest BCUT2D eigenvalue weighted by Crippen LogP contribution is -2.49. The first-order valence-electron chi connectivity index (χ1n) is 8.92. The van der Waals surface area contributed by atoms with Gasteiger partial charge in [-0.15, -0.1) is 0 Å². The fourth-order valence-electron chi connectivity index (χ4n) is 3.36. The zero-order chi connectivity index (χ0) is 19.4. The number of nitro benzene ring substituents is 1. The first kappa shape index (κ1) is 18.7. The molecule has 0 saturated carbocycles. The van der Waals surface area contributed by atoms with Gasteiger partial charge in [0.2, 0.25) is 5.91 Å². The number of methoxy groups -OCH3 is 1. The Hall–Kier alpha value is -3.09. The Balaban J connectivity index is 1.63. The number of non-ortho nitro benzene ring substituents is 1. The number of benzene rings is 2. The van der Waals surface area contributed by atoms with Crippen LogP contribution in [-0.2, 0) is 4.79 Å². The van der Waals surface area contributed by atoms with Gasteiger partial charge < -0.3 is 14.5 Å². The van der Waals surface area contributed by atoms with E-state index < -0.39 is 4.92 Å². The van der Waals surface area contributed by atoms with Crippen molar-refractivity contribution in [3.05, 3.63) is 64.2 Å². The number of hydrogen-bond acceptors (Lipinski definition) is 5. The molecule has 1 atom stereocenters. The maximum Gasteiger partial charge on any atom is 0.269 e. The van der Waals surface area contributed by atoms with Crippen molar-refractivity contribution in [1.29, 1.82) is 0 Å². The molecule has 2 aromatic carbocycles. The summed E-state index contributed by atoms with van der Waals surface area (Å²) in [6, 6.07) is 14.1. The number of hydrogen-bond donors (Lipinski definition) is 0. The number of nitro groups is 1. The summed E-state index contributed by atoms with van der Waals surface area (Å²) in [4.78, 5) is 27.2. The lowest BCUT2D eigenvalue weighted by Gasteiger charge is -2.37. The van der Waals surface area contributed by atoms with Crippen molar-refractivity contribution < 1.29 is 14.5 Å². The number of ether oxygens (including phenoxy) is 1. The van der Waals surface area contributed by atoms with E-state index in [1.165, 1.54) is 12.1 Å². The van der Waals surface area contributed by atoms with Crippen LogP contribution in [0.3, 0.4) is 0 Å². The predicted molar refractivity (Wildman–Crippen MR) is 103 cm³/mol. The van der Waals surface area contributed by atoms with Crippen molar-refractivity contribution in [3.63, 3.8) is 0 Å². The minimum atomic E-state index is -0.437. The van der Waals surface area contributed by atoms with Crippen LogP contribution in [0.2, 0.25) is 0 Å². The quantitative estimate of drug-likeness (QED) is 0.598. The van der Waals surface area contributed by atoms with Gasteiger partial charge in [-0.1, -0.05) is 24.3 Å². The Morgan fingerprint density at radius 1 is 1.07 bits per heavy atom. The lowest BCUT2D eigenvalue weighted by molar-refractivity contribution is -0.384. The monoisotopic (exact) mass is 369 g/mol. The second-order valence-corrected chi connectivity index (χ2v) is 6.55. The number of anilines is 1. The molecule has 1 aliphatic rings. The summed E-state index contributed by atoms with van der Waals surface area (Å²) in [5, 5.41) is 10.8. The smallest absolute Gasteiger partial charge is 0.269 e. The number of piperazine rings is 1. The molecule has 0 radical (unpaired) electrons. The first-order chi connectivity index (χ1) is 13.0. The van der Waals surface area contributed by atoms with Crippen LogP contribution in [0.5, 0.6) is 5.75 Å². The van der Waals surface area contributed by atoms with E-state index in [4.69, 9.17) is 4.74 Å². The van der Waals surface area contributed by atoms with Crippen molar-refractivity contribution in [3.8, 4) is 5.75 Å². The highest BCUT2D eigenvalue weighted by atomic mass is 16.6. The van der Waals surface area contributed by atoms with Crippen LogP contribution < -0.4 is 9.64 Å². The number of rotatable bonds is 5. The second-order valence-electron chi connectivity index (χ2n) is 6.55. The van der Waals surface area contributed by atoms with Crippen molar-refractivity contribution in [2.24, 2.45) is 0 Å². The molecule has 0 N–H and O–H groups in total. The van der Waals surface area contributed by atoms with E-state index in [9.17, 15) is 14.9 Å². The Kier molecular flexibility index (Phi) is 5.59. The molecule has 0 bridgehead atoms. The van der Waals surface area contributed by atoms with Gasteiger partial charge in [-0.3, -0.25) is 14.9 Å². The van der Waals surface area contributed by atoms with Gasteiger partial charge in [0.25, 0.3) is 5.69 Å². The largest absolute Gasteiger partial charge is 0.495 e. The summed E-state index contributed by atoms with van der Waals surface area (Å²) in [7, 11) is 1.66. The van der Waals surface area contributed by atoms with Gasteiger partial charge in [0, 0.05) is 38.3 Å². The molecular formula is C20H23N3O4. The summed E-state index contributed by atoms with van der Waals surface area (Å²) in [5.74, 6) is 0.545. The summed E-state index contributed by atoms with van der Waals surface area (Å²) < 4.78 is 5.43. The molecule has 2 aromatic rings. The van der Waals surface area contributed by atoms with E-state index in [2.05, 4.69) is 4.90 Å². The number of para-hydroxylation sites is 2. The maximum atomic E-state index is 12.8. The van der Waals surface area contributed by atoms with Crippen molar-refractivity contribution >= 4 is 17.3 Å². The third-order valence-corrected chi connectivity index (χ3v) is 4.99. The van der Waals surface area contributed by atoms with Gasteiger partial charge in [0.1, 0.15) is 5.75 Å². The molecule has 0 aromatic heterocycles. The zero-order valence-corrected chi connectivity index (χ0v) is 15.5. The Bertz CT molecular complexity index is 814. The van der Waals surface area contributed by atoms with Crippen LogP contribution in [0.25, 0.3) is 0 Å². The molecule has 1 saturated heterocycles. The van der Waals surface area contributed by atoms with E-state index >= 15 is 0 Å². The highest BCUT2D eigenvalue weighted by Crippen LogP contribution is 2.29. The number of carbonyl (C=O) groups excluding carboxylic acids is 1. The minimum Gasteiger partial charge on any atom is -0.495 e. The third kappa shape index (κ3) is 4.02. The van der Waals surface area contributed by atoms with Gasteiger partial charge in [0.05, 0.1) is 23.6 Å². The predicted octanol–water partition coefficient (Wildman–Crippen LogP) is 3.06. The molecule has 0 unspecified atom stereocenters. The van der Waals surface area contributed by atoms with E-state index in [0.29, 0.717) is 13.1 Å². The Labute approximate surface area is 158 Å². The molecule has 1 amide bonds. The van der Waals surface area contributed by atoms with Crippen molar-refractivity contribution in [2.45, 2.75) is 12.8 Å². The summed E-state index contributed by atoms with van der Waals surface area (Å²) in [5.41, 5.74) is 1.86. The minimum absolute atomic E-state index is 0.0313. The molecule has 0 aliphatic carbocycles. The lowest BCUT2D eigenvalue weighted by atomic mass is 9.99. The van der Waals surface area contributed by atoms with E-state index in [1.54, 1.807) is 19.2 Å². The first-order valence-corrected chi connectivity index (χ1v) is 8.92. The number of nitrogens with zero attached hydrogens (tertiary/aromatic N) is 3. The highest BCUT2D eigenvalue weighted by Gasteiger charge is 2.27. The summed E-state index contributed by atoms with van der Waals surface area (Å²) in [6.07, 6.45) is 0. The average molecular weight is 369 g/mol. The van der Waals surface area contributed by atoms with Gasteiger partial charge in [0.15, 0.2) is 0 Å². The van der Waals surface area contributed by atoms with Crippen molar-refractivity contribution in [2.75, 3.05) is 38.2 Å². The molecule has 27 heavy (non-hydrogen) atoms. The standard InChI is InChI=1S/C20H23N3O4/c1-15(16-7-9-17(10-8-16)23(25)26)20(24)22-13-11-21(12-14-22)18-5-3-4-6-19(18)27-2/h3-10,15H,11-14H2,1-2H3/t15-/m0/s1. The molecule has 7 nitrogen and oxygen atoms in total. The molecule has 1 aliphatic heterocycles. The van der Waals surface area contributed by atoms with Gasteiger partial charge >= 0.3 is 0 Å². The normalized spacial score (nSPS) is 15.3. The Morgan fingerprint density at radius 2 is 1.70 bits per heavy atom. The fourth-order valence-corrected chi connectivity index (χ4v) is 3.36. The molecule has 0 spiro atoms. The summed E-state index contributed by atoms with van der Waals surface area (Å²) in [6.45, 7) is 4.58. The second kappa shape index (κ2) is 8.07. The summed E-state index contributed by atoms with van der Waals surface area (Å²) >= 11 is 0. The fraction of sp³-hybridized carbons (Fsp3) is 0.350. The number of carbonyl (C=O) groups is 1. The molecule has 7 heteroatoms. The van der Waals surface area contributed by atoms with Crippen LogP contribution in [0, 0.1) is 10.1 Å². The van der Waals surface area contributed by atoms with Crippen LogP contribution in [0.4, 0.5) is 11.4 Å². The third-order valence-electron chi connectivity index (χ3n) is 4.99. The molecule has 142 valence electrons. The molecule has 3 rings (SSSR count). The van der Waals surface area contributed by atoms with E-state index in [1.807, 2.05) is 36.1 Å². The number of amides is 1. The van der Waals surface area contributed by atoms with Gasteiger partial charge in [-0.25, -0.2) is 0 Å². The van der Waals surface area contributed by atoms with Crippen molar-refractivity contribution in [1.82, 2.24) is 4.90 Å². The molecular weight excluding hydrogens is 346 g/mol. The topological polar surface area (TPSA) is 75.9 Å². The molecule has 1 heterocycles. The van der Waals surface area contributed by atoms with Crippen LogP contribution in [0.1, 0.15) is 18.4 Å².